The van der Waals surface area contributed by atoms with E-state index in [0.29, 0.717) is 11.6 Å². The first kappa shape index (κ1) is 14.7. The summed E-state index contributed by atoms with van der Waals surface area (Å²) in [5.74, 6) is 0.923. The highest BCUT2D eigenvalue weighted by Crippen LogP contribution is 2.44. The Hall–Kier alpha value is -0.220. The van der Waals surface area contributed by atoms with Crippen LogP contribution in [-0.2, 0) is 6.42 Å². The van der Waals surface area contributed by atoms with Crippen molar-refractivity contribution in [3.05, 3.63) is 61.5 Å². The molecule has 1 atom stereocenters. The van der Waals surface area contributed by atoms with Gasteiger partial charge < -0.3 is 4.74 Å². The molecule has 0 radical (unpaired) electrons. The van der Waals surface area contributed by atoms with Gasteiger partial charge in [-0.1, -0.05) is 55.1 Å². The van der Waals surface area contributed by atoms with Crippen LogP contribution in [0, 0.1) is 0 Å². The first-order chi connectivity index (χ1) is 9.56. The predicted octanol–water partition coefficient (Wildman–Crippen LogP) is 6.18. The standard InChI is InChI=1S/C15H10Br2Cl2O/c16-9-1-2-13(19)11(6-9)14(17)12-7-10(18)5-8-3-4-20-15(8)12/h1-2,5-7,14H,3-4H2. The number of halogens is 4. The molecule has 0 aliphatic carbocycles. The number of rotatable bonds is 2. The van der Waals surface area contributed by atoms with Crippen LogP contribution >= 0.6 is 55.1 Å². The van der Waals surface area contributed by atoms with E-state index in [1.807, 2.05) is 30.3 Å². The van der Waals surface area contributed by atoms with Gasteiger partial charge in [0.15, 0.2) is 0 Å². The molecular formula is C15H10Br2Cl2O. The van der Waals surface area contributed by atoms with E-state index in [2.05, 4.69) is 31.9 Å². The van der Waals surface area contributed by atoms with Gasteiger partial charge in [-0.05, 0) is 41.5 Å². The summed E-state index contributed by atoms with van der Waals surface area (Å²) < 4.78 is 6.74. The summed E-state index contributed by atoms with van der Waals surface area (Å²) in [6.45, 7) is 0.703. The van der Waals surface area contributed by atoms with Crippen LogP contribution < -0.4 is 4.74 Å². The van der Waals surface area contributed by atoms with Crippen molar-refractivity contribution in [1.29, 1.82) is 0 Å². The van der Waals surface area contributed by atoms with Crippen LogP contribution in [0.4, 0.5) is 0 Å². The zero-order valence-corrected chi connectivity index (χ0v) is 15.0. The fourth-order valence-corrected chi connectivity index (χ4v) is 4.07. The van der Waals surface area contributed by atoms with E-state index in [1.165, 1.54) is 0 Å². The molecule has 2 aromatic rings. The third-order valence-electron chi connectivity index (χ3n) is 3.28. The summed E-state index contributed by atoms with van der Waals surface area (Å²) in [4.78, 5) is -0.0574. The first-order valence-corrected chi connectivity index (χ1v) is 8.57. The van der Waals surface area contributed by atoms with Crippen molar-refractivity contribution in [3.8, 4) is 5.75 Å². The highest BCUT2D eigenvalue weighted by Gasteiger charge is 2.24. The lowest BCUT2D eigenvalue weighted by Gasteiger charge is -2.16. The molecule has 1 unspecified atom stereocenters. The number of benzene rings is 2. The SMILES string of the molecule is Clc1cc2c(c(C(Br)c3cc(Br)ccc3Cl)c1)OCC2. The minimum atomic E-state index is -0.0574. The zero-order chi connectivity index (χ0) is 14.3. The molecule has 1 aliphatic heterocycles. The smallest absolute Gasteiger partial charge is 0.127 e. The molecule has 20 heavy (non-hydrogen) atoms. The van der Waals surface area contributed by atoms with Crippen molar-refractivity contribution in [2.75, 3.05) is 6.61 Å². The minimum Gasteiger partial charge on any atom is -0.493 e. The number of ether oxygens (including phenoxy) is 1. The highest BCUT2D eigenvalue weighted by molar-refractivity contribution is 9.10. The molecule has 0 spiro atoms. The number of alkyl halides is 1. The van der Waals surface area contributed by atoms with Crippen LogP contribution in [0.2, 0.25) is 10.0 Å². The molecule has 0 N–H and O–H groups in total. The average molecular weight is 437 g/mol. The Bertz CT molecular complexity index is 673. The molecule has 2 aromatic carbocycles. The summed E-state index contributed by atoms with van der Waals surface area (Å²) in [5, 5.41) is 1.43. The van der Waals surface area contributed by atoms with Crippen molar-refractivity contribution < 1.29 is 4.74 Å². The molecule has 0 fully saturated rings. The Morgan fingerprint density at radius 2 is 1.90 bits per heavy atom. The monoisotopic (exact) mass is 434 g/mol. The van der Waals surface area contributed by atoms with Crippen molar-refractivity contribution in [1.82, 2.24) is 0 Å². The summed E-state index contributed by atoms with van der Waals surface area (Å²) in [6, 6.07) is 9.70. The Balaban J connectivity index is 2.11. The molecule has 104 valence electrons. The van der Waals surface area contributed by atoms with Gasteiger partial charge in [0.2, 0.25) is 0 Å². The summed E-state index contributed by atoms with van der Waals surface area (Å²) in [7, 11) is 0. The molecule has 1 nitrogen and oxygen atoms in total. The number of fused-ring (bicyclic) bond motifs is 1. The summed E-state index contributed by atoms with van der Waals surface area (Å²) in [6.07, 6.45) is 0.898. The van der Waals surface area contributed by atoms with Crippen molar-refractivity contribution in [2.45, 2.75) is 11.2 Å². The van der Waals surface area contributed by atoms with E-state index in [0.717, 1.165) is 38.4 Å². The van der Waals surface area contributed by atoms with E-state index in [4.69, 9.17) is 27.9 Å². The normalized spacial score (nSPS) is 14.8. The molecule has 3 rings (SSSR count). The third-order valence-corrected chi connectivity index (χ3v) is 5.32. The van der Waals surface area contributed by atoms with Crippen molar-refractivity contribution in [3.63, 3.8) is 0 Å². The van der Waals surface area contributed by atoms with Gasteiger partial charge in [-0.2, -0.15) is 0 Å². The lowest BCUT2D eigenvalue weighted by molar-refractivity contribution is 0.354. The van der Waals surface area contributed by atoms with Crippen LogP contribution in [-0.4, -0.2) is 6.61 Å². The Labute approximate surface area is 144 Å². The Morgan fingerprint density at radius 3 is 2.70 bits per heavy atom. The number of hydrogen-bond donors (Lipinski definition) is 0. The molecular weight excluding hydrogens is 427 g/mol. The molecule has 1 aliphatic rings. The Morgan fingerprint density at radius 1 is 1.10 bits per heavy atom. The maximum absolute atomic E-state index is 6.31. The highest BCUT2D eigenvalue weighted by atomic mass is 79.9. The van der Waals surface area contributed by atoms with Gasteiger partial charge in [-0.3, -0.25) is 0 Å². The number of hydrogen-bond acceptors (Lipinski definition) is 1. The third kappa shape index (κ3) is 2.74. The van der Waals surface area contributed by atoms with Gasteiger partial charge >= 0.3 is 0 Å². The topological polar surface area (TPSA) is 9.23 Å². The lowest BCUT2D eigenvalue weighted by atomic mass is 10.0. The average Bonchev–Trinajstić information content (AvgIpc) is 2.87. The zero-order valence-electron chi connectivity index (χ0n) is 10.3. The second kappa shape index (κ2) is 5.88. The second-order valence-electron chi connectivity index (χ2n) is 4.61. The molecule has 1 heterocycles. The summed E-state index contributed by atoms with van der Waals surface area (Å²) in [5.41, 5.74) is 3.16. The molecule has 0 aromatic heterocycles. The largest absolute Gasteiger partial charge is 0.493 e. The van der Waals surface area contributed by atoms with Gasteiger partial charge in [0.1, 0.15) is 5.75 Å². The summed E-state index contributed by atoms with van der Waals surface area (Å²) >= 11 is 19.7. The molecule has 0 saturated heterocycles. The quantitative estimate of drug-likeness (QED) is 0.511. The van der Waals surface area contributed by atoms with E-state index in [1.54, 1.807) is 0 Å². The second-order valence-corrected chi connectivity index (χ2v) is 7.29. The first-order valence-electron chi connectivity index (χ1n) is 6.10. The van der Waals surface area contributed by atoms with Crippen molar-refractivity contribution >= 4 is 55.1 Å². The van der Waals surface area contributed by atoms with Crippen LogP contribution in [0.15, 0.2) is 34.8 Å². The van der Waals surface area contributed by atoms with Crippen LogP contribution in [0.25, 0.3) is 0 Å². The predicted molar refractivity (Wildman–Crippen MR) is 90.6 cm³/mol. The van der Waals surface area contributed by atoms with Gasteiger partial charge in [-0.25, -0.2) is 0 Å². The van der Waals surface area contributed by atoms with Gasteiger partial charge in [0, 0.05) is 26.5 Å². The van der Waals surface area contributed by atoms with E-state index in [-0.39, 0.29) is 4.83 Å². The van der Waals surface area contributed by atoms with Crippen LogP contribution in [0.3, 0.4) is 0 Å². The fourth-order valence-electron chi connectivity index (χ4n) is 2.36. The van der Waals surface area contributed by atoms with E-state index in [9.17, 15) is 0 Å². The lowest BCUT2D eigenvalue weighted by Crippen LogP contribution is -1.98. The van der Waals surface area contributed by atoms with E-state index >= 15 is 0 Å². The van der Waals surface area contributed by atoms with E-state index < -0.39 is 0 Å². The molecule has 0 saturated carbocycles. The maximum Gasteiger partial charge on any atom is 0.127 e. The maximum atomic E-state index is 6.31. The van der Waals surface area contributed by atoms with Crippen LogP contribution in [0.1, 0.15) is 21.5 Å². The molecule has 0 amide bonds. The van der Waals surface area contributed by atoms with Crippen molar-refractivity contribution in [2.24, 2.45) is 0 Å². The molecule has 5 heteroatoms. The molecule has 0 bridgehead atoms. The van der Waals surface area contributed by atoms with Gasteiger partial charge in [0.05, 0.1) is 11.4 Å². The van der Waals surface area contributed by atoms with Crippen LogP contribution in [0.5, 0.6) is 5.75 Å². The van der Waals surface area contributed by atoms with Gasteiger partial charge in [0.25, 0.3) is 0 Å². The fraction of sp³-hybridized carbons (Fsp3) is 0.200. The minimum absolute atomic E-state index is 0.0574. The Kier molecular flexibility index (Phi) is 4.32. The van der Waals surface area contributed by atoms with Gasteiger partial charge in [-0.15, -0.1) is 0 Å².